The molecule has 0 fully saturated rings. The minimum atomic E-state index is -0.499. The molecule has 1 aromatic carbocycles. The lowest BCUT2D eigenvalue weighted by Crippen LogP contribution is -2.24. The quantitative estimate of drug-likeness (QED) is 0.399. The number of methoxy groups -OCH3 is 1. The lowest BCUT2D eigenvalue weighted by atomic mass is 9.97. The summed E-state index contributed by atoms with van der Waals surface area (Å²) in [6.45, 7) is 5.95. The van der Waals surface area contributed by atoms with Gasteiger partial charge >= 0.3 is 5.97 Å². The summed E-state index contributed by atoms with van der Waals surface area (Å²) in [5.41, 5.74) is 1.79. The van der Waals surface area contributed by atoms with Gasteiger partial charge < -0.3 is 15.0 Å². The largest absolute Gasteiger partial charge is 0.469 e. The Bertz CT molecular complexity index is 897. The maximum Gasteiger partial charge on any atom is 0.311 e. The molecular formula is C20H25N3O4S. The Morgan fingerprint density at radius 1 is 1.29 bits per heavy atom. The Kier molecular flexibility index (Phi) is 7.80. The van der Waals surface area contributed by atoms with Gasteiger partial charge in [-0.25, -0.2) is 4.98 Å². The summed E-state index contributed by atoms with van der Waals surface area (Å²) in [6.07, 6.45) is 0.867. The lowest BCUT2D eigenvalue weighted by molar-refractivity contribution is -0.139. The summed E-state index contributed by atoms with van der Waals surface area (Å²) < 4.78 is 4.60. The Morgan fingerprint density at radius 2 is 2.00 bits per heavy atom. The molecule has 0 spiro atoms. The van der Waals surface area contributed by atoms with E-state index in [2.05, 4.69) is 33.9 Å². The molecule has 1 aromatic heterocycles. The van der Waals surface area contributed by atoms with Crippen molar-refractivity contribution >= 4 is 29.3 Å². The first kappa shape index (κ1) is 21.7. The van der Waals surface area contributed by atoms with Crippen molar-refractivity contribution in [1.29, 1.82) is 0 Å². The van der Waals surface area contributed by atoms with Gasteiger partial charge in [0.2, 0.25) is 5.91 Å². The van der Waals surface area contributed by atoms with Gasteiger partial charge in [-0.15, -0.1) is 0 Å². The predicted octanol–water partition coefficient (Wildman–Crippen LogP) is 3.12. The number of nitrogens with one attached hydrogen (secondary N) is 2. The van der Waals surface area contributed by atoms with E-state index in [1.54, 1.807) is 6.92 Å². The average molecular weight is 404 g/mol. The van der Waals surface area contributed by atoms with Crippen molar-refractivity contribution in [1.82, 2.24) is 9.97 Å². The Labute approximate surface area is 168 Å². The molecule has 0 radical (unpaired) electrons. The smallest absolute Gasteiger partial charge is 0.311 e. The third-order valence-electron chi connectivity index (χ3n) is 4.35. The van der Waals surface area contributed by atoms with Crippen LogP contribution in [-0.4, -0.2) is 34.2 Å². The van der Waals surface area contributed by atoms with Gasteiger partial charge in [-0.1, -0.05) is 43.8 Å². The minimum Gasteiger partial charge on any atom is -0.469 e. The monoisotopic (exact) mass is 403 g/mol. The van der Waals surface area contributed by atoms with Gasteiger partial charge in [-0.05, 0) is 30.9 Å². The number of carbonyl (C=O) groups excluding carboxylic acids is 2. The molecule has 28 heavy (non-hydrogen) atoms. The molecule has 1 amide bonds. The molecule has 7 nitrogen and oxygen atoms in total. The van der Waals surface area contributed by atoms with E-state index < -0.39 is 11.2 Å². The molecular weight excluding hydrogens is 378 g/mol. The van der Waals surface area contributed by atoms with Crippen LogP contribution in [0.15, 0.2) is 40.3 Å². The summed E-state index contributed by atoms with van der Waals surface area (Å²) in [6, 6.07) is 8.98. The topological polar surface area (TPSA) is 101 Å². The molecule has 0 aliphatic carbocycles. The van der Waals surface area contributed by atoms with Crippen LogP contribution < -0.4 is 10.9 Å². The number of hydrogen-bond donors (Lipinski definition) is 2. The fraction of sp³-hybridized carbons (Fsp3) is 0.400. The van der Waals surface area contributed by atoms with Crippen LogP contribution in [0.2, 0.25) is 0 Å². The van der Waals surface area contributed by atoms with E-state index in [9.17, 15) is 14.4 Å². The normalized spacial score (nSPS) is 12.9. The number of amides is 1. The number of rotatable bonds is 8. The van der Waals surface area contributed by atoms with Crippen LogP contribution in [0.25, 0.3) is 0 Å². The number of thioether (sulfide) groups is 1. The van der Waals surface area contributed by atoms with Crippen molar-refractivity contribution in [3.8, 4) is 0 Å². The first-order valence-electron chi connectivity index (χ1n) is 9.07. The number of esters is 1. The number of aromatic nitrogens is 2. The van der Waals surface area contributed by atoms with Crippen molar-refractivity contribution in [2.24, 2.45) is 0 Å². The molecule has 2 aromatic rings. The molecule has 1 heterocycles. The summed E-state index contributed by atoms with van der Waals surface area (Å²) in [4.78, 5) is 42.7. The standard InChI is InChI=1S/C20H25N3O4S/c1-5-12(2)15-8-6-7-9-16(15)22-19(26)13(3)28-20-21-14(10-17(24)23-20)11-18(25)27-4/h6-10,12-13H,5,11H2,1-4H3,(H,22,26)(H,21,23,24)/t12-,13-/m0/s1. The number of carbonyl (C=O) groups is 2. The molecule has 8 heteroatoms. The molecule has 0 bridgehead atoms. The molecule has 0 unspecified atom stereocenters. The molecule has 2 N–H and O–H groups in total. The van der Waals surface area contributed by atoms with E-state index >= 15 is 0 Å². The van der Waals surface area contributed by atoms with Crippen LogP contribution in [0, 0.1) is 0 Å². The first-order chi connectivity index (χ1) is 13.3. The Balaban J connectivity index is 2.11. The zero-order chi connectivity index (χ0) is 20.7. The average Bonchev–Trinajstić information content (AvgIpc) is 2.67. The molecule has 2 atom stereocenters. The third kappa shape index (κ3) is 5.95. The fourth-order valence-electron chi connectivity index (χ4n) is 2.57. The van der Waals surface area contributed by atoms with E-state index in [0.717, 1.165) is 29.4 Å². The number of para-hydroxylation sites is 1. The van der Waals surface area contributed by atoms with Gasteiger partial charge in [0.05, 0.1) is 24.5 Å². The van der Waals surface area contributed by atoms with Crippen molar-refractivity contribution in [3.63, 3.8) is 0 Å². The molecule has 0 saturated carbocycles. The van der Waals surface area contributed by atoms with Crippen molar-refractivity contribution in [2.75, 3.05) is 12.4 Å². The number of hydrogen-bond acceptors (Lipinski definition) is 6. The highest BCUT2D eigenvalue weighted by Gasteiger charge is 2.19. The van der Waals surface area contributed by atoms with E-state index in [1.165, 1.54) is 13.2 Å². The number of ether oxygens (including phenoxy) is 1. The van der Waals surface area contributed by atoms with Gasteiger partial charge in [0.1, 0.15) is 0 Å². The molecule has 0 aliphatic rings. The van der Waals surface area contributed by atoms with Crippen LogP contribution in [0.4, 0.5) is 5.69 Å². The number of aromatic amines is 1. The summed E-state index contributed by atoms with van der Waals surface area (Å²) >= 11 is 1.12. The number of benzene rings is 1. The summed E-state index contributed by atoms with van der Waals surface area (Å²) in [5.74, 6) is -0.351. The van der Waals surface area contributed by atoms with Crippen molar-refractivity contribution in [2.45, 2.75) is 49.9 Å². The second-order valence-corrected chi connectivity index (χ2v) is 7.77. The zero-order valence-corrected chi connectivity index (χ0v) is 17.3. The first-order valence-corrected chi connectivity index (χ1v) is 9.95. The highest BCUT2D eigenvalue weighted by molar-refractivity contribution is 8.00. The second-order valence-electron chi connectivity index (χ2n) is 6.44. The van der Waals surface area contributed by atoms with Crippen LogP contribution in [0.3, 0.4) is 0 Å². The highest BCUT2D eigenvalue weighted by Crippen LogP contribution is 2.27. The van der Waals surface area contributed by atoms with E-state index in [1.807, 2.05) is 24.3 Å². The van der Waals surface area contributed by atoms with Crippen molar-refractivity contribution in [3.05, 3.63) is 51.9 Å². The third-order valence-corrected chi connectivity index (χ3v) is 5.33. The molecule has 2 rings (SSSR count). The lowest BCUT2D eigenvalue weighted by Gasteiger charge is -2.17. The van der Waals surface area contributed by atoms with Crippen molar-refractivity contribution < 1.29 is 14.3 Å². The van der Waals surface area contributed by atoms with Crippen LogP contribution >= 0.6 is 11.8 Å². The van der Waals surface area contributed by atoms with Gasteiger partial charge in [-0.2, -0.15) is 0 Å². The van der Waals surface area contributed by atoms with Gasteiger partial charge in [-0.3, -0.25) is 14.4 Å². The maximum absolute atomic E-state index is 12.6. The number of H-pyrrole nitrogens is 1. The molecule has 0 saturated heterocycles. The van der Waals surface area contributed by atoms with E-state index in [0.29, 0.717) is 11.6 Å². The number of nitrogens with zero attached hydrogens (tertiary/aromatic N) is 1. The zero-order valence-electron chi connectivity index (χ0n) is 16.4. The van der Waals surface area contributed by atoms with E-state index in [-0.39, 0.29) is 23.0 Å². The Hall–Kier alpha value is -2.61. The molecule has 150 valence electrons. The number of anilines is 1. The van der Waals surface area contributed by atoms with Gasteiger partial charge in [0, 0.05) is 11.8 Å². The van der Waals surface area contributed by atoms with Crippen LogP contribution in [0.1, 0.15) is 44.4 Å². The summed E-state index contributed by atoms with van der Waals surface area (Å²) in [7, 11) is 1.27. The second kappa shape index (κ2) is 10.1. The maximum atomic E-state index is 12.6. The van der Waals surface area contributed by atoms with E-state index in [4.69, 9.17) is 0 Å². The predicted molar refractivity (Wildman–Crippen MR) is 110 cm³/mol. The minimum absolute atomic E-state index is 0.100. The van der Waals surface area contributed by atoms with Gasteiger partial charge in [0.15, 0.2) is 5.16 Å². The Morgan fingerprint density at radius 3 is 2.68 bits per heavy atom. The van der Waals surface area contributed by atoms with Crippen LogP contribution in [-0.2, 0) is 20.7 Å². The highest BCUT2D eigenvalue weighted by atomic mass is 32.2. The fourth-order valence-corrected chi connectivity index (χ4v) is 3.40. The molecule has 0 aliphatic heterocycles. The summed E-state index contributed by atoms with van der Waals surface area (Å²) in [5, 5.41) is 2.75. The SMILES string of the molecule is CC[C@H](C)c1ccccc1NC(=O)[C@H](C)Sc1nc(CC(=O)OC)cc(=O)[nH]1. The van der Waals surface area contributed by atoms with Gasteiger partial charge in [0.25, 0.3) is 5.56 Å². The van der Waals surface area contributed by atoms with Crippen LogP contribution in [0.5, 0.6) is 0 Å².